The van der Waals surface area contributed by atoms with Crippen LogP contribution in [0.2, 0.25) is 5.02 Å². The Morgan fingerprint density at radius 3 is 2.86 bits per heavy atom. The minimum absolute atomic E-state index is 0.128. The fourth-order valence-electron chi connectivity index (χ4n) is 2.13. The van der Waals surface area contributed by atoms with E-state index in [0.29, 0.717) is 10.8 Å². The van der Waals surface area contributed by atoms with E-state index >= 15 is 0 Å². The Morgan fingerprint density at radius 1 is 1.41 bits per heavy atom. The quantitative estimate of drug-likeness (QED) is 0.689. The van der Waals surface area contributed by atoms with E-state index < -0.39 is 5.91 Å². The van der Waals surface area contributed by atoms with Crippen molar-refractivity contribution in [2.45, 2.75) is 13.0 Å². The summed E-state index contributed by atoms with van der Waals surface area (Å²) >= 11 is 6.12. The number of carbonyl (C=O) groups excluding carboxylic acids is 1. The molecule has 3 aromatic rings. The topological polar surface area (TPSA) is 96.7 Å². The van der Waals surface area contributed by atoms with Gasteiger partial charge >= 0.3 is 0 Å². The number of rotatable bonds is 4. The number of primary amides is 1. The smallest absolute Gasteiger partial charge is 0.250 e. The number of halogens is 1. The van der Waals surface area contributed by atoms with Gasteiger partial charge in [-0.25, -0.2) is 9.97 Å². The summed E-state index contributed by atoms with van der Waals surface area (Å²) < 4.78 is 0. The molecule has 0 saturated heterocycles. The second-order valence-electron chi connectivity index (χ2n) is 4.92. The second-order valence-corrected chi connectivity index (χ2v) is 5.33. The Labute approximate surface area is 131 Å². The van der Waals surface area contributed by atoms with Crippen molar-refractivity contribution >= 4 is 34.4 Å². The van der Waals surface area contributed by atoms with E-state index in [4.69, 9.17) is 17.3 Å². The molecule has 1 unspecified atom stereocenters. The van der Waals surface area contributed by atoms with E-state index in [1.54, 1.807) is 0 Å². The summed E-state index contributed by atoms with van der Waals surface area (Å²) in [4.78, 5) is 23.0. The van der Waals surface area contributed by atoms with Crippen LogP contribution in [0.25, 0.3) is 11.0 Å². The lowest BCUT2D eigenvalue weighted by Crippen LogP contribution is -2.13. The molecule has 22 heavy (non-hydrogen) atoms. The van der Waals surface area contributed by atoms with E-state index in [1.165, 1.54) is 12.3 Å². The Hall–Kier alpha value is -2.60. The molecule has 0 aliphatic rings. The lowest BCUT2D eigenvalue weighted by molar-refractivity contribution is 0.1000. The first kappa shape index (κ1) is 14.3. The number of pyridine rings is 1. The van der Waals surface area contributed by atoms with Gasteiger partial charge in [0.25, 0.3) is 0 Å². The van der Waals surface area contributed by atoms with Gasteiger partial charge in [0.1, 0.15) is 11.6 Å². The highest BCUT2D eigenvalue weighted by Crippen LogP contribution is 2.25. The van der Waals surface area contributed by atoms with Gasteiger partial charge in [-0.15, -0.1) is 0 Å². The van der Waals surface area contributed by atoms with Crippen LogP contribution in [-0.4, -0.2) is 20.9 Å². The highest BCUT2D eigenvalue weighted by molar-refractivity contribution is 6.33. The fraction of sp³-hybridized carbons (Fsp3) is 0.133. The SMILES string of the molecule is CC(Nc1ncc(C(N)=O)cc1Cl)c1nc2ccccc2[nH]1. The lowest BCUT2D eigenvalue weighted by Gasteiger charge is -2.13. The third kappa shape index (κ3) is 2.73. The van der Waals surface area contributed by atoms with Crippen molar-refractivity contribution < 1.29 is 4.79 Å². The van der Waals surface area contributed by atoms with E-state index in [9.17, 15) is 4.79 Å². The average molecular weight is 316 g/mol. The molecule has 4 N–H and O–H groups in total. The summed E-state index contributed by atoms with van der Waals surface area (Å²) in [5.74, 6) is 0.684. The van der Waals surface area contributed by atoms with Crippen molar-refractivity contribution in [2.24, 2.45) is 5.73 Å². The van der Waals surface area contributed by atoms with Gasteiger partial charge in [0.15, 0.2) is 0 Å². The van der Waals surface area contributed by atoms with Gasteiger partial charge in [-0.2, -0.15) is 0 Å². The summed E-state index contributed by atoms with van der Waals surface area (Å²) in [5, 5.41) is 3.50. The van der Waals surface area contributed by atoms with Gasteiger partial charge in [-0.05, 0) is 25.1 Å². The van der Waals surface area contributed by atoms with Crippen LogP contribution in [0.3, 0.4) is 0 Å². The van der Waals surface area contributed by atoms with Crippen molar-refractivity contribution in [3.05, 3.63) is 52.9 Å². The first-order chi connectivity index (χ1) is 10.5. The number of nitrogens with zero attached hydrogens (tertiary/aromatic N) is 2. The molecule has 0 bridgehead atoms. The number of anilines is 1. The molecule has 1 atom stereocenters. The number of fused-ring (bicyclic) bond motifs is 1. The zero-order valence-corrected chi connectivity index (χ0v) is 12.6. The maximum absolute atomic E-state index is 11.1. The van der Waals surface area contributed by atoms with Crippen LogP contribution in [-0.2, 0) is 0 Å². The standard InChI is InChI=1S/C15H14ClN5O/c1-8(14-20-11-4-2-3-5-12(11)21-14)19-15-10(16)6-9(7-18-15)13(17)22/h2-8H,1H3,(H2,17,22)(H,18,19)(H,20,21). The van der Waals surface area contributed by atoms with Crippen LogP contribution in [0.4, 0.5) is 5.82 Å². The van der Waals surface area contributed by atoms with Crippen molar-refractivity contribution in [3.8, 4) is 0 Å². The van der Waals surface area contributed by atoms with Gasteiger partial charge in [-0.1, -0.05) is 23.7 Å². The summed E-state index contributed by atoms with van der Waals surface area (Å²) in [7, 11) is 0. The fourth-order valence-corrected chi connectivity index (χ4v) is 2.35. The van der Waals surface area contributed by atoms with Crippen molar-refractivity contribution in [1.82, 2.24) is 15.0 Å². The number of carbonyl (C=O) groups is 1. The van der Waals surface area contributed by atoms with Crippen LogP contribution in [0.15, 0.2) is 36.5 Å². The highest BCUT2D eigenvalue weighted by atomic mass is 35.5. The van der Waals surface area contributed by atoms with Crippen LogP contribution in [0, 0.1) is 0 Å². The van der Waals surface area contributed by atoms with Crippen molar-refractivity contribution in [3.63, 3.8) is 0 Å². The van der Waals surface area contributed by atoms with Crippen molar-refractivity contribution in [1.29, 1.82) is 0 Å². The Morgan fingerprint density at radius 2 is 2.18 bits per heavy atom. The number of hydrogen-bond donors (Lipinski definition) is 3. The minimum Gasteiger partial charge on any atom is -0.366 e. The minimum atomic E-state index is -0.564. The molecule has 2 aromatic heterocycles. The number of aromatic nitrogens is 3. The molecule has 0 aliphatic carbocycles. The number of hydrogen-bond acceptors (Lipinski definition) is 4. The third-order valence-electron chi connectivity index (χ3n) is 3.30. The monoisotopic (exact) mass is 315 g/mol. The van der Waals surface area contributed by atoms with E-state index in [-0.39, 0.29) is 11.6 Å². The zero-order valence-electron chi connectivity index (χ0n) is 11.8. The van der Waals surface area contributed by atoms with E-state index in [1.807, 2.05) is 31.2 Å². The summed E-state index contributed by atoms with van der Waals surface area (Å²) in [6.07, 6.45) is 1.39. The molecule has 7 heteroatoms. The van der Waals surface area contributed by atoms with Crippen LogP contribution >= 0.6 is 11.6 Å². The van der Waals surface area contributed by atoms with Crippen LogP contribution in [0.5, 0.6) is 0 Å². The van der Waals surface area contributed by atoms with Gasteiger partial charge < -0.3 is 16.0 Å². The van der Waals surface area contributed by atoms with Crippen LogP contribution < -0.4 is 11.1 Å². The molecule has 0 aliphatic heterocycles. The predicted octanol–water partition coefficient (Wildman–Crippen LogP) is 2.88. The zero-order chi connectivity index (χ0) is 15.7. The molecule has 1 aromatic carbocycles. The normalized spacial score (nSPS) is 12.3. The second kappa shape index (κ2) is 5.65. The molecule has 0 saturated carbocycles. The number of benzene rings is 1. The first-order valence-corrected chi connectivity index (χ1v) is 7.09. The van der Waals surface area contributed by atoms with Gasteiger partial charge in [0.2, 0.25) is 5.91 Å². The molecule has 0 fully saturated rings. The van der Waals surface area contributed by atoms with Gasteiger partial charge in [0.05, 0.1) is 27.7 Å². The third-order valence-corrected chi connectivity index (χ3v) is 3.58. The van der Waals surface area contributed by atoms with Crippen LogP contribution in [0.1, 0.15) is 29.1 Å². The largest absolute Gasteiger partial charge is 0.366 e. The maximum atomic E-state index is 11.1. The first-order valence-electron chi connectivity index (χ1n) is 6.71. The molecule has 0 radical (unpaired) electrons. The van der Waals surface area contributed by atoms with E-state index in [0.717, 1.165) is 16.9 Å². The number of amides is 1. The number of nitrogens with two attached hydrogens (primary N) is 1. The van der Waals surface area contributed by atoms with Crippen molar-refractivity contribution in [2.75, 3.05) is 5.32 Å². The molecule has 6 nitrogen and oxygen atoms in total. The molecule has 1 amide bonds. The Kier molecular flexibility index (Phi) is 3.68. The molecule has 0 spiro atoms. The lowest BCUT2D eigenvalue weighted by atomic mass is 10.2. The molecule has 112 valence electrons. The molecule has 2 heterocycles. The summed E-state index contributed by atoms with van der Waals surface area (Å²) in [6, 6.07) is 9.15. The molecular formula is C15H14ClN5O. The molecule has 3 rings (SSSR count). The average Bonchev–Trinajstić information content (AvgIpc) is 2.93. The number of imidazole rings is 1. The predicted molar refractivity (Wildman–Crippen MR) is 85.9 cm³/mol. The summed E-state index contributed by atoms with van der Waals surface area (Å²) in [6.45, 7) is 1.94. The van der Waals surface area contributed by atoms with Gasteiger partial charge in [0, 0.05) is 6.20 Å². The van der Waals surface area contributed by atoms with Gasteiger partial charge in [-0.3, -0.25) is 4.79 Å². The molecular weight excluding hydrogens is 302 g/mol. The Balaban J connectivity index is 1.84. The number of para-hydroxylation sites is 2. The Bertz CT molecular complexity index is 812. The highest BCUT2D eigenvalue weighted by Gasteiger charge is 2.14. The maximum Gasteiger partial charge on any atom is 0.250 e. The number of nitrogens with one attached hydrogen (secondary N) is 2. The number of H-pyrrole nitrogens is 1. The summed E-state index contributed by atoms with van der Waals surface area (Å²) in [5.41, 5.74) is 7.33. The van der Waals surface area contributed by atoms with E-state index in [2.05, 4.69) is 20.3 Å². The number of aromatic amines is 1.